The summed E-state index contributed by atoms with van der Waals surface area (Å²) in [7, 11) is 0. The zero-order valence-corrected chi connectivity index (χ0v) is 11.2. The quantitative estimate of drug-likeness (QED) is 0.740. The van der Waals surface area contributed by atoms with E-state index in [2.05, 4.69) is 4.98 Å². The van der Waals surface area contributed by atoms with Crippen molar-refractivity contribution in [3.05, 3.63) is 51.9 Å². The first kappa shape index (κ1) is 13.4. The topological polar surface area (TPSA) is 22.1 Å². The highest BCUT2D eigenvalue weighted by Crippen LogP contribution is 2.27. The fourth-order valence-electron chi connectivity index (χ4n) is 1.28. The number of benzene rings is 1. The average molecular weight is 307 g/mol. The molecule has 0 saturated heterocycles. The largest absolute Gasteiger partial charge is 0.439 e. The summed E-state index contributed by atoms with van der Waals surface area (Å²) in [5, 5.41) is 0.493. The molecule has 1 heterocycles. The van der Waals surface area contributed by atoms with Crippen molar-refractivity contribution >= 4 is 34.8 Å². The van der Waals surface area contributed by atoms with Gasteiger partial charge in [0.05, 0.1) is 10.0 Å². The smallest absolute Gasteiger partial charge is 0.219 e. The molecule has 0 saturated carbocycles. The number of ether oxygens (including phenoxy) is 1. The Balaban J connectivity index is 2.25. The van der Waals surface area contributed by atoms with Gasteiger partial charge < -0.3 is 4.74 Å². The minimum absolute atomic E-state index is 0.0351. The second kappa shape index (κ2) is 5.74. The first-order valence-electron chi connectivity index (χ1n) is 4.93. The van der Waals surface area contributed by atoms with Crippen molar-refractivity contribution in [3.8, 4) is 11.6 Å². The van der Waals surface area contributed by atoms with Gasteiger partial charge in [-0.1, -0.05) is 23.2 Å². The molecule has 0 fully saturated rings. The molecule has 6 heteroatoms. The fraction of sp³-hybridized carbons (Fsp3) is 0.0833. The maximum atomic E-state index is 13.2. The molecular formula is C12H7Cl3FNO. The van der Waals surface area contributed by atoms with E-state index >= 15 is 0 Å². The van der Waals surface area contributed by atoms with Crippen LogP contribution in [0.2, 0.25) is 10.0 Å². The third kappa shape index (κ3) is 3.05. The van der Waals surface area contributed by atoms with Crippen LogP contribution in [-0.4, -0.2) is 4.98 Å². The van der Waals surface area contributed by atoms with Crippen molar-refractivity contribution < 1.29 is 9.13 Å². The molecule has 0 spiro atoms. The van der Waals surface area contributed by atoms with Crippen molar-refractivity contribution in [3.63, 3.8) is 0 Å². The van der Waals surface area contributed by atoms with E-state index < -0.39 is 5.82 Å². The van der Waals surface area contributed by atoms with Crippen LogP contribution in [0.25, 0.3) is 0 Å². The second-order valence-electron chi connectivity index (χ2n) is 3.43. The summed E-state index contributed by atoms with van der Waals surface area (Å²) in [6, 6.07) is 5.73. The molecule has 94 valence electrons. The molecule has 0 N–H and O–H groups in total. The molecule has 0 amide bonds. The molecule has 0 atom stereocenters. The second-order valence-corrected chi connectivity index (χ2v) is 4.51. The number of halogens is 4. The summed E-state index contributed by atoms with van der Waals surface area (Å²) < 4.78 is 18.6. The Morgan fingerprint density at radius 3 is 2.61 bits per heavy atom. The Bertz CT molecular complexity index is 577. The van der Waals surface area contributed by atoms with Gasteiger partial charge in [-0.05, 0) is 17.7 Å². The van der Waals surface area contributed by atoms with Crippen LogP contribution in [0.3, 0.4) is 0 Å². The minimum Gasteiger partial charge on any atom is -0.439 e. The van der Waals surface area contributed by atoms with Crippen molar-refractivity contribution in [1.29, 1.82) is 0 Å². The van der Waals surface area contributed by atoms with E-state index in [1.165, 1.54) is 18.3 Å². The fourth-order valence-corrected chi connectivity index (χ4v) is 1.86. The zero-order chi connectivity index (χ0) is 13.1. The van der Waals surface area contributed by atoms with Crippen LogP contribution < -0.4 is 4.74 Å². The van der Waals surface area contributed by atoms with E-state index in [0.29, 0.717) is 16.3 Å². The molecule has 0 aliphatic heterocycles. The van der Waals surface area contributed by atoms with E-state index in [1.807, 2.05) is 0 Å². The van der Waals surface area contributed by atoms with E-state index in [-0.39, 0.29) is 16.8 Å². The van der Waals surface area contributed by atoms with Crippen molar-refractivity contribution in [2.24, 2.45) is 0 Å². The number of rotatable bonds is 3. The molecule has 2 nitrogen and oxygen atoms in total. The highest BCUT2D eigenvalue weighted by Gasteiger charge is 2.06. The van der Waals surface area contributed by atoms with Crippen LogP contribution in [0, 0.1) is 5.82 Å². The zero-order valence-electron chi connectivity index (χ0n) is 8.96. The third-order valence-corrected chi connectivity index (χ3v) is 3.10. The Hall–Kier alpha value is -1.03. The van der Waals surface area contributed by atoms with Gasteiger partial charge in [0.15, 0.2) is 0 Å². The lowest BCUT2D eigenvalue weighted by molar-refractivity contribution is 0.457. The highest BCUT2D eigenvalue weighted by atomic mass is 35.5. The number of pyridine rings is 1. The van der Waals surface area contributed by atoms with Crippen LogP contribution >= 0.6 is 34.8 Å². The molecule has 0 unspecified atom stereocenters. The van der Waals surface area contributed by atoms with E-state index in [4.69, 9.17) is 39.5 Å². The number of hydrogen-bond acceptors (Lipinski definition) is 2. The predicted octanol–water partition coefficient (Wildman–Crippen LogP) is 5.06. The summed E-state index contributed by atoms with van der Waals surface area (Å²) in [5.41, 5.74) is 0.692. The molecule has 1 aromatic heterocycles. The van der Waals surface area contributed by atoms with Crippen LogP contribution in [-0.2, 0) is 5.88 Å². The molecule has 18 heavy (non-hydrogen) atoms. The molecule has 0 aliphatic carbocycles. The van der Waals surface area contributed by atoms with E-state index in [1.54, 1.807) is 12.1 Å². The first-order valence-corrected chi connectivity index (χ1v) is 6.22. The van der Waals surface area contributed by atoms with Crippen molar-refractivity contribution in [2.75, 3.05) is 0 Å². The maximum absolute atomic E-state index is 13.2. The summed E-state index contributed by atoms with van der Waals surface area (Å²) in [5.74, 6) is 0.275. The van der Waals surface area contributed by atoms with E-state index in [9.17, 15) is 4.39 Å². The van der Waals surface area contributed by atoms with Gasteiger partial charge in [-0.25, -0.2) is 9.37 Å². The van der Waals surface area contributed by atoms with Crippen molar-refractivity contribution in [2.45, 2.75) is 5.88 Å². The number of aromatic nitrogens is 1. The van der Waals surface area contributed by atoms with Gasteiger partial charge in [0.2, 0.25) is 5.88 Å². The van der Waals surface area contributed by atoms with Crippen LogP contribution in [0.15, 0.2) is 30.5 Å². The number of alkyl halides is 1. The van der Waals surface area contributed by atoms with E-state index in [0.717, 1.165) is 0 Å². The monoisotopic (exact) mass is 305 g/mol. The van der Waals surface area contributed by atoms with Gasteiger partial charge >= 0.3 is 0 Å². The van der Waals surface area contributed by atoms with Gasteiger partial charge in [0, 0.05) is 24.2 Å². The van der Waals surface area contributed by atoms with Crippen molar-refractivity contribution in [1.82, 2.24) is 4.98 Å². The minimum atomic E-state index is -0.555. The number of nitrogens with zero attached hydrogens (tertiary/aromatic N) is 1. The molecule has 2 aromatic rings. The molecular weight excluding hydrogens is 299 g/mol. The maximum Gasteiger partial charge on any atom is 0.219 e. The molecule has 1 aromatic carbocycles. The summed E-state index contributed by atoms with van der Waals surface area (Å²) >= 11 is 17.1. The first-order chi connectivity index (χ1) is 8.60. The Morgan fingerprint density at radius 1 is 1.17 bits per heavy atom. The molecule has 0 bridgehead atoms. The van der Waals surface area contributed by atoms with Crippen LogP contribution in [0.5, 0.6) is 11.6 Å². The number of hydrogen-bond donors (Lipinski definition) is 0. The summed E-state index contributed by atoms with van der Waals surface area (Å²) in [6.07, 6.45) is 1.43. The predicted molar refractivity (Wildman–Crippen MR) is 70.3 cm³/mol. The van der Waals surface area contributed by atoms with Gasteiger partial charge in [-0.2, -0.15) is 0 Å². The van der Waals surface area contributed by atoms with Gasteiger partial charge in [-0.3, -0.25) is 0 Å². The lowest BCUT2D eigenvalue weighted by Crippen LogP contribution is -1.91. The third-order valence-electron chi connectivity index (χ3n) is 2.17. The Kier molecular flexibility index (Phi) is 4.27. The lowest BCUT2D eigenvalue weighted by atomic mass is 10.3. The summed E-state index contributed by atoms with van der Waals surface area (Å²) in [4.78, 5) is 3.97. The standard InChI is InChI=1S/C12H7Cl3FNO/c13-5-7-3-12(17-6-10(7)15)18-8-1-2-9(14)11(16)4-8/h1-4,6H,5H2. The highest BCUT2D eigenvalue weighted by molar-refractivity contribution is 6.32. The molecule has 2 rings (SSSR count). The summed E-state index contributed by atoms with van der Waals surface area (Å²) in [6.45, 7) is 0. The van der Waals surface area contributed by atoms with Crippen LogP contribution in [0.1, 0.15) is 5.56 Å². The normalized spacial score (nSPS) is 10.4. The molecule has 0 radical (unpaired) electrons. The van der Waals surface area contributed by atoms with Gasteiger partial charge in [0.1, 0.15) is 11.6 Å². The van der Waals surface area contributed by atoms with Crippen LogP contribution in [0.4, 0.5) is 4.39 Å². The SMILES string of the molecule is Fc1cc(Oc2cc(CCl)c(Cl)cn2)ccc1Cl. The Morgan fingerprint density at radius 2 is 1.94 bits per heavy atom. The lowest BCUT2D eigenvalue weighted by Gasteiger charge is -2.07. The van der Waals surface area contributed by atoms with Gasteiger partial charge in [-0.15, -0.1) is 11.6 Å². The Labute approximate surface area is 118 Å². The van der Waals surface area contributed by atoms with Gasteiger partial charge in [0.25, 0.3) is 0 Å². The molecule has 0 aliphatic rings. The average Bonchev–Trinajstić information content (AvgIpc) is 2.36.